The van der Waals surface area contributed by atoms with Crippen LogP contribution in [0, 0.1) is 0 Å². The number of carbonyl (C=O) groups is 1. The van der Waals surface area contributed by atoms with Crippen molar-refractivity contribution in [1.29, 1.82) is 0 Å². The number of hydrogen-bond acceptors (Lipinski definition) is 3. The summed E-state index contributed by atoms with van der Waals surface area (Å²) in [5, 5.41) is 4.65. The lowest BCUT2D eigenvalue weighted by Crippen LogP contribution is -2.12. The van der Waals surface area contributed by atoms with Gasteiger partial charge in [0.1, 0.15) is 5.69 Å². The molecule has 2 heterocycles. The maximum absolute atomic E-state index is 12.6. The second kappa shape index (κ2) is 6.09. The predicted octanol–water partition coefficient (Wildman–Crippen LogP) is 4.91. The molecular weight excluding hydrogens is 374 g/mol. The number of halogens is 1. The van der Waals surface area contributed by atoms with E-state index in [1.165, 1.54) is 29.8 Å². The third-order valence-corrected chi connectivity index (χ3v) is 6.08. The van der Waals surface area contributed by atoms with Crippen LogP contribution in [0.5, 0.6) is 0 Å². The summed E-state index contributed by atoms with van der Waals surface area (Å²) in [4.78, 5) is 21.7. The minimum atomic E-state index is -0.156. The molecule has 2 N–H and O–H groups in total. The summed E-state index contributed by atoms with van der Waals surface area (Å²) in [6, 6.07) is 7.85. The van der Waals surface area contributed by atoms with Gasteiger partial charge >= 0.3 is 0 Å². The highest BCUT2D eigenvalue weighted by atomic mass is 79.9. The van der Waals surface area contributed by atoms with Crippen LogP contribution in [-0.2, 0) is 12.8 Å². The molecule has 0 bridgehead atoms. The van der Waals surface area contributed by atoms with Crippen LogP contribution in [0.4, 0.5) is 5.13 Å². The number of aromatic amines is 1. The zero-order chi connectivity index (χ0) is 15.8. The Morgan fingerprint density at radius 2 is 2.04 bits per heavy atom. The molecule has 1 aliphatic carbocycles. The number of carbonyl (C=O) groups excluding carboxylic acids is 1. The number of aromatic nitrogens is 2. The first-order chi connectivity index (χ1) is 11.2. The van der Waals surface area contributed by atoms with Gasteiger partial charge in [-0.1, -0.05) is 24.6 Å². The molecule has 4 rings (SSSR count). The largest absolute Gasteiger partial charge is 0.350 e. The molecule has 0 aliphatic heterocycles. The van der Waals surface area contributed by atoms with E-state index in [1.54, 1.807) is 11.3 Å². The fourth-order valence-corrected chi connectivity index (χ4v) is 4.68. The minimum Gasteiger partial charge on any atom is -0.350 e. The van der Waals surface area contributed by atoms with Gasteiger partial charge in [-0.05, 0) is 47.7 Å². The van der Waals surface area contributed by atoms with Gasteiger partial charge in [0.15, 0.2) is 5.13 Å². The molecule has 1 amide bonds. The number of rotatable bonds is 2. The van der Waals surface area contributed by atoms with E-state index in [1.807, 2.05) is 24.3 Å². The van der Waals surface area contributed by atoms with Gasteiger partial charge in [-0.25, -0.2) is 4.98 Å². The van der Waals surface area contributed by atoms with Crippen molar-refractivity contribution in [2.75, 3.05) is 5.32 Å². The van der Waals surface area contributed by atoms with Gasteiger partial charge in [0.25, 0.3) is 5.91 Å². The number of thiazole rings is 1. The molecule has 6 heteroatoms. The average molecular weight is 390 g/mol. The van der Waals surface area contributed by atoms with E-state index in [0.29, 0.717) is 10.8 Å². The normalized spacial score (nSPS) is 14.5. The summed E-state index contributed by atoms with van der Waals surface area (Å²) in [5.41, 5.74) is 2.65. The van der Waals surface area contributed by atoms with Gasteiger partial charge in [0.2, 0.25) is 0 Å². The SMILES string of the molecule is O=C(Nc1nc2c(s1)CCCCC2)c1[nH]c2ccccc2c1Br. The molecule has 0 unspecified atom stereocenters. The van der Waals surface area contributed by atoms with Crippen LogP contribution in [0.3, 0.4) is 0 Å². The van der Waals surface area contributed by atoms with Crippen LogP contribution in [0.2, 0.25) is 0 Å². The van der Waals surface area contributed by atoms with Crippen LogP contribution in [0.25, 0.3) is 10.9 Å². The van der Waals surface area contributed by atoms with Crippen molar-refractivity contribution in [3.05, 3.63) is 45.0 Å². The standard InChI is InChI=1S/C17H16BrN3OS/c18-14-10-6-4-5-7-11(10)19-15(14)16(22)21-17-20-12-8-2-1-3-9-13(12)23-17/h4-7,19H,1-3,8-9H2,(H,20,21,22). The number of amides is 1. The van der Waals surface area contributed by atoms with Gasteiger partial charge in [0, 0.05) is 15.8 Å². The number of hydrogen-bond donors (Lipinski definition) is 2. The maximum atomic E-state index is 12.6. The third-order valence-electron chi connectivity index (χ3n) is 4.19. The molecule has 0 saturated carbocycles. The minimum absolute atomic E-state index is 0.156. The highest BCUT2D eigenvalue weighted by Crippen LogP contribution is 2.31. The van der Waals surface area contributed by atoms with Crippen molar-refractivity contribution in [3.8, 4) is 0 Å². The summed E-state index contributed by atoms with van der Waals surface area (Å²) in [6.45, 7) is 0. The Bertz CT molecular complexity index is 860. The van der Waals surface area contributed by atoms with Crippen LogP contribution in [0.1, 0.15) is 40.3 Å². The van der Waals surface area contributed by atoms with Crippen molar-refractivity contribution in [2.24, 2.45) is 0 Å². The second-order valence-electron chi connectivity index (χ2n) is 5.76. The van der Waals surface area contributed by atoms with Crippen LogP contribution in [0.15, 0.2) is 28.7 Å². The monoisotopic (exact) mass is 389 g/mol. The number of H-pyrrole nitrogens is 1. The summed E-state index contributed by atoms with van der Waals surface area (Å²) < 4.78 is 0.795. The number of para-hydroxylation sites is 1. The number of fused-ring (bicyclic) bond motifs is 2. The van der Waals surface area contributed by atoms with E-state index in [4.69, 9.17) is 0 Å². The van der Waals surface area contributed by atoms with E-state index in [2.05, 4.69) is 31.2 Å². The van der Waals surface area contributed by atoms with Crippen molar-refractivity contribution in [3.63, 3.8) is 0 Å². The zero-order valence-corrected chi connectivity index (χ0v) is 14.9. The number of anilines is 1. The van der Waals surface area contributed by atoms with Gasteiger partial charge < -0.3 is 4.98 Å². The smallest absolute Gasteiger partial charge is 0.275 e. The van der Waals surface area contributed by atoms with E-state index >= 15 is 0 Å². The Labute approximate surface area is 146 Å². The predicted molar refractivity (Wildman–Crippen MR) is 97.3 cm³/mol. The summed E-state index contributed by atoms with van der Waals surface area (Å²) in [6.07, 6.45) is 5.79. The van der Waals surface area contributed by atoms with Crippen LogP contribution < -0.4 is 5.32 Å². The van der Waals surface area contributed by atoms with E-state index in [-0.39, 0.29) is 5.91 Å². The number of nitrogens with zero attached hydrogens (tertiary/aromatic N) is 1. The van der Waals surface area contributed by atoms with Crippen LogP contribution in [-0.4, -0.2) is 15.9 Å². The van der Waals surface area contributed by atoms with E-state index < -0.39 is 0 Å². The third kappa shape index (κ3) is 2.81. The molecule has 1 aliphatic rings. The Hall–Kier alpha value is -1.66. The van der Waals surface area contributed by atoms with Gasteiger partial charge in [-0.2, -0.15) is 0 Å². The first-order valence-electron chi connectivity index (χ1n) is 7.78. The molecule has 0 fully saturated rings. The second-order valence-corrected chi connectivity index (χ2v) is 7.64. The topological polar surface area (TPSA) is 57.8 Å². The highest BCUT2D eigenvalue weighted by Gasteiger charge is 2.19. The lowest BCUT2D eigenvalue weighted by molar-refractivity contribution is 0.102. The van der Waals surface area contributed by atoms with Gasteiger partial charge in [-0.3, -0.25) is 10.1 Å². The number of benzene rings is 1. The lowest BCUT2D eigenvalue weighted by Gasteiger charge is -2.00. The molecule has 0 spiro atoms. The molecule has 4 nitrogen and oxygen atoms in total. The van der Waals surface area contributed by atoms with Crippen LogP contribution >= 0.6 is 27.3 Å². The molecule has 3 aromatic rings. The highest BCUT2D eigenvalue weighted by molar-refractivity contribution is 9.10. The van der Waals surface area contributed by atoms with E-state index in [0.717, 1.165) is 28.2 Å². The number of aryl methyl sites for hydroxylation is 2. The van der Waals surface area contributed by atoms with Gasteiger partial charge in [-0.15, -0.1) is 11.3 Å². The molecule has 0 atom stereocenters. The lowest BCUT2D eigenvalue weighted by atomic mass is 10.2. The first kappa shape index (κ1) is 14.9. The molecule has 1 aromatic carbocycles. The van der Waals surface area contributed by atoms with Crippen molar-refractivity contribution < 1.29 is 4.79 Å². The zero-order valence-electron chi connectivity index (χ0n) is 12.5. The quantitative estimate of drug-likeness (QED) is 0.611. The van der Waals surface area contributed by atoms with Crippen molar-refractivity contribution in [1.82, 2.24) is 9.97 Å². The van der Waals surface area contributed by atoms with Crippen molar-refractivity contribution in [2.45, 2.75) is 32.1 Å². The molecule has 2 aromatic heterocycles. The van der Waals surface area contributed by atoms with Gasteiger partial charge in [0.05, 0.1) is 10.2 Å². The molecule has 23 heavy (non-hydrogen) atoms. The average Bonchev–Trinajstić information content (AvgIpc) is 3.01. The fraction of sp³-hybridized carbons (Fsp3) is 0.294. The summed E-state index contributed by atoms with van der Waals surface area (Å²) >= 11 is 5.14. The Balaban J connectivity index is 1.61. The Morgan fingerprint density at radius 1 is 1.22 bits per heavy atom. The summed E-state index contributed by atoms with van der Waals surface area (Å²) in [5.74, 6) is -0.156. The van der Waals surface area contributed by atoms with E-state index in [9.17, 15) is 4.79 Å². The summed E-state index contributed by atoms with van der Waals surface area (Å²) in [7, 11) is 0. The Morgan fingerprint density at radius 3 is 2.91 bits per heavy atom. The fourth-order valence-electron chi connectivity index (χ4n) is 3.01. The molecule has 0 radical (unpaired) electrons. The first-order valence-corrected chi connectivity index (χ1v) is 9.39. The molecular formula is C17H16BrN3OS. The molecule has 118 valence electrons. The molecule has 0 saturated heterocycles. The Kier molecular flexibility index (Phi) is 3.95. The maximum Gasteiger partial charge on any atom is 0.275 e. The number of nitrogens with one attached hydrogen (secondary N) is 2. The van der Waals surface area contributed by atoms with Crippen molar-refractivity contribution >= 4 is 49.2 Å².